The summed E-state index contributed by atoms with van der Waals surface area (Å²) in [6, 6.07) is 8.18. The van der Waals surface area contributed by atoms with Crippen molar-refractivity contribution in [2.75, 3.05) is 12.4 Å². The van der Waals surface area contributed by atoms with Crippen LogP contribution in [-0.4, -0.2) is 17.0 Å². The minimum absolute atomic E-state index is 0.340. The number of aryl methyl sites for hydroxylation is 1. The number of nitrogens with one attached hydrogen (secondary N) is 1. The molecule has 0 saturated carbocycles. The van der Waals surface area contributed by atoms with Gasteiger partial charge in [0.1, 0.15) is 5.82 Å². The normalized spacial score (nSPS) is 10.8. The van der Waals surface area contributed by atoms with E-state index in [4.69, 9.17) is 4.98 Å². The zero-order chi connectivity index (χ0) is 14.0. The molecule has 19 heavy (non-hydrogen) atoms. The van der Waals surface area contributed by atoms with Crippen LogP contribution >= 0.6 is 15.9 Å². The average molecular weight is 320 g/mol. The maximum absolute atomic E-state index is 4.71. The van der Waals surface area contributed by atoms with Gasteiger partial charge in [-0.05, 0) is 34.3 Å². The smallest absolute Gasteiger partial charge is 0.162 e. The van der Waals surface area contributed by atoms with Crippen LogP contribution in [0.4, 0.5) is 5.82 Å². The van der Waals surface area contributed by atoms with Crippen molar-refractivity contribution in [3.63, 3.8) is 0 Å². The first-order valence-electron chi connectivity index (χ1n) is 6.35. The average Bonchev–Trinajstić information content (AvgIpc) is 2.39. The van der Waals surface area contributed by atoms with Gasteiger partial charge in [-0.15, -0.1) is 0 Å². The summed E-state index contributed by atoms with van der Waals surface area (Å²) >= 11 is 3.58. The summed E-state index contributed by atoms with van der Waals surface area (Å²) in [5.41, 5.74) is 3.28. The lowest BCUT2D eigenvalue weighted by atomic mass is 10.1. The molecule has 0 saturated heterocycles. The molecule has 2 rings (SSSR count). The quantitative estimate of drug-likeness (QED) is 0.912. The number of halogens is 1. The number of benzene rings is 1. The van der Waals surface area contributed by atoms with Crippen LogP contribution < -0.4 is 5.32 Å². The first kappa shape index (κ1) is 14.0. The molecule has 0 radical (unpaired) electrons. The Morgan fingerprint density at radius 2 is 1.84 bits per heavy atom. The minimum Gasteiger partial charge on any atom is -0.372 e. The predicted molar refractivity (Wildman–Crippen MR) is 83.5 cm³/mol. The van der Waals surface area contributed by atoms with Gasteiger partial charge in [0.15, 0.2) is 5.82 Å². The largest absolute Gasteiger partial charge is 0.372 e. The summed E-state index contributed by atoms with van der Waals surface area (Å²) in [7, 11) is 1.87. The highest BCUT2D eigenvalue weighted by Gasteiger charge is 2.15. The topological polar surface area (TPSA) is 37.8 Å². The molecule has 0 spiro atoms. The van der Waals surface area contributed by atoms with Gasteiger partial charge in [-0.3, -0.25) is 0 Å². The van der Waals surface area contributed by atoms with Gasteiger partial charge >= 0.3 is 0 Å². The first-order valence-corrected chi connectivity index (χ1v) is 7.15. The van der Waals surface area contributed by atoms with Crippen molar-refractivity contribution in [3.05, 3.63) is 40.0 Å². The standard InChI is InChI=1S/C15H18BrN3/c1-9(2)13-12(16)15(17-4)19-14(18-13)11-8-6-5-7-10(11)3/h5-9H,1-4H3,(H,17,18,19). The molecule has 0 fully saturated rings. The van der Waals surface area contributed by atoms with Gasteiger partial charge in [0, 0.05) is 12.6 Å². The monoisotopic (exact) mass is 319 g/mol. The van der Waals surface area contributed by atoms with E-state index in [1.807, 2.05) is 19.2 Å². The third-order valence-corrected chi connectivity index (χ3v) is 3.83. The van der Waals surface area contributed by atoms with E-state index < -0.39 is 0 Å². The van der Waals surface area contributed by atoms with Gasteiger partial charge in [0.05, 0.1) is 10.2 Å². The Kier molecular flexibility index (Phi) is 4.20. The van der Waals surface area contributed by atoms with E-state index >= 15 is 0 Å². The molecule has 0 atom stereocenters. The molecule has 100 valence electrons. The maximum atomic E-state index is 4.71. The van der Waals surface area contributed by atoms with Crippen molar-refractivity contribution < 1.29 is 0 Å². The first-order chi connectivity index (χ1) is 9.04. The van der Waals surface area contributed by atoms with Crippen LogP contribution in [0.15, 0.2) is 28.7 Å². The molecular formula is C15H18BrN3. The number of hydrogen-bond donors (Lipinski definition) is 1. The molecule has 0 aliphatic heterocycles. The minimum atomic E-state index is 0.340. The molecule has 1 heterocycles. The van der Waals surface area contributed by atoms with Gasteiger partial charge in [0.25, 0.3) is 0 Å². The van der Waals surface area contributed by atoms with Crippen LogP contribution in [0.3, 0.4) is 0 Å². The van der Waals surface area contributed by atoms with Gasteiger partial charge < -0.3 is 5.32 Å². The van der Waals surface area contributed by atoms with Gasteiger partial charge in [-0.2, -0.15) is 0 Å². The Morgan fingerprint density at radius 3 is 2.42 bits per heavy atom. The lowest BCUT2D eigenvalue weighted by Crippen LogP contribution is -2.05. The molecule has 0 aliphatic rings. The van der Waals surface area contributed by atoms with E-state index in [2.05, 4.69) is 59.1 Å². The summed E-state index contributed by atoms with van der Waals surface area (Å²) in [4.78, 5) is 9.31. The van der Waals surface area contributed by atoms with E-state index in [-0.39, 0.29) is 0 Å². The SMILES string of the molecule is CNc1nc(-c2ccccc2C)nc(C(C)C)c1Br. The molecule has 2 aromatic rings. The number of nitrogens with zero attached hydrogens (tertiary/aromatic N) is 2. The summed E-state index contributed by atoms with van der Waals surface area (Å²) in [6.45, 7) is 6.34. The second-order valence-electron chi connectivity index (χ2n) is 4.81. The fourth-order valence-electron chi connectivity index (χ4n) is 1.96. The lowest BCUT2D eigenvalue weighted by Gasteiger charge is -2.14. The third-order valence-electron chi connectivity index (χ3n) is 3.05. The number of aromatic nitrogens is 2. The Bertz CT molecular complexity index is 594. The van der Waals surface area contributed by atoms with Crippen molar-refractivity contribution in [1.82, 2.24) is 9.97 Å². The number of anilines is 1. The molecule has 1 aromatic carbocycles. The van der Waals surface area contributed by atoms with E-state index in [1.165, 1.54) is 5.56 Å². The zero-order valence-electron chi connectivity index (χ0n) is 11.7. The predicted octanol–water partition coefficient (Wildman–Crippen LogP) is 4.38. The van der Waals surface area contributed by atoms with Crippen molar-refractivity contribution in [3.8, 4) is 11.4 Å². The third kappa shape index (κ3) is 2.78. The van der Waals surface area contributed by atoms with Gasteiger partial charge in [0.2, 0.25) is 0 Å². The molecule has 0 unspecified atom stereocenters. The van der Waals surface area contributed by atoms with Crippen molar-refractivity contribution in [2.45, 2.75) is 26.7 Å². The summed E-state index contributed by atoms with van der Waals surface area (Å²) in [5.74, 6) is 1.94. The highest BCUT2D eigenvalue weighted by Crippen LogP contribution is 2.31. The molecule has 0 aliphatic carbocycles. The Hall–Kier alpha value is -1.42. The van der Waals surface area contributed by atoms with Gasteiger partial charge in [-0.1, -0.05) is 38.1 Å². The van der Waals surface area contributed by atoms with Gasteiger partial charge in [-0.25, -0.2) is 9.97 Å². The molecule has 0 bridgehead atoms. The highest BCUT2D eigenvalue weighted by molar-refractivity contribution is 9.10. The van der Waals surface area contributed by atoms with Crippen LogP contribution in [0.1, 0.15) is 31.0 Å². The van der Waals surface area contributed by atoms with Crippen molar-refractivity contribution >= 4 is 21.7 Å². The summed E-state index contributed by atoms with van der Waals surface area (Å²) in [6.07, 6.45) is 0. The Morgan fingerprint density at radius 1 is 1.16 bits per heavy atom. The van der Waals surface area contributed by atoms with E-state index in [0.29, 0.717) is 5.92 Å². The lowest BCUT2D eigenvalue weighted by molar-refractivity contribution is 0.810. The highest BCUT2D eigenvalue weighted by atomic mass is 79.9. The second-order valence-corrected chi connectivity index (χ2v) is 5.61. The summed E-state index contributed by atoms with van der Waals surface area (Å²) in [5, 5.41) is 3.12. The zero-order valence-corrected chi connectivity index (χ0v) is 13.2. The fourth-order valence-corrected chi connectivity index (χ4v) is 2.79. The van der Waals surface area contributed by atoms with Crippen LogP contribution in [0, 0.1) is 6.92 Å². The van der Waals surface area contributed by atoms with E-state index in [1.54, 1.807) is 0 Å². The van der Waals surface area contributed by atoms with Crippen LogP contribution in [0.2, 0.25) is 0 Å². The fraction of sp³-hybridized carbons (Fsp3) is 0.333. The molecule has 3 nitrogen and oxygen atoms in total. The van der Waals surface area contributed by atoms with Crippen LogP contribution in [0.5, 0.6) is 0 Å². The van der Waals surface area contributed by atoms with Crippen molar-refractivity contribution in [2.24, 2.45) is 0 Å². The molecule has 4 heteroatoms. The maximum Gasteiger partial charge on any atom is 0.162 e. The van der Waals surface area contributed by atoms with E-state index in [9.17, 15) is 0 Å². The van der Waals surface area contributed by atoms with Crippen LogP contribution in [-0.2, 0) is 0 Å². The Labute approximate surface area is 122 Å². The number of hydrogen-bond acceptors (Lipinski definition) is 3. The second kappa shape index (κ2) is 5.70. The number of rotatable bonds is 3. The van der Waals surface area contributed by atoms with Crippen LogP contribution in [0.25, 0.3) is 11.4 Å². The molecular weight excluding hydrogens is 302 g/mol. The molecule has 0 amide bonds. The summed E-state index contributed by atoms with van der Waals surface area (Å²) < 4.78 is 0.947. The molecule has 1 aromatic heterocycles. The van der Waals surface area contributed by atoms with E-state index in [0.717, 1.165) is 27.4 Å². The molecule has 1 N–H and O–H groups in total. The Balaban J connectivity index is 2.65. The van der Waals surface area contributed by atoms with Crippen molar-refractivity contribution in [1.29, 1.82) is 0 Å².